The summed E-state index contributed by atoms with van der Waals surface area (Å²) in [4.78, 5) is 21.4. The minimum absolute atomic E-state index is 0.227. The molecule has 3 rings (SSSR count). The summed E-state index contributed by atoms with van der Waals surface area (Å²) in [6.07, 6.45) is 5.84. The molecule has 1 aliphatic heterocycles. The van der Waals surface area contributed by atoms with Crippen LogP contribution in [0.5, 0.6) is 0 Å². The first-order valence-electron chi connectivity index (χ1n) is 8.54. The van der Waals surface area contributed by atoms with E-state index in [-0.39, 0.29) is 12.1 Å². The molecule has 1 aromatic rings. The molecule has 2 heterocycles. The molecule has 2 fully saturated rings. The van der Waals surface area contributed by atoms with Gasteiger partial charge in [0.05, 0.1) is 0 Å². The van der Waals surface area contributed by atoms with Crippen LogP contribution in [0.2, 0.25) is 0 Å². The Morgan fingerprint density at radius 3 is 2.65 bits per heavy atom. The zero-order valence-electron chi connectivity index (χ0n) is 14.6. The number of carbonyl (C=O) groups excluding carboxylic acids is 1. The van der Waals surface area contributed by atoms with Gasteiger partial charge in [0.1, 0.15) is 11.4 Å². The lowest BCUT2D eigenvalue weighted by Crippen LogP contribution is -2.39. The molecule has 0 spiro atoms. The van der Waals surface area contributed by atoms with E-state index in [0.29, 0.717) is 6.04 Å². The van der Waals surface area contributed by atoms with E-state index >= 15 is 0 Å². The number of carbonyl (C=O) groups is 1. The molecule has 1 aromatic heterocycles. The number of aromatic nitrogens is 1. The van der Waals surface area contributed by atoms with E-state index in [9.17, 15) is 4.79 Å². The Balaban J connectivity index is 1.93. The standard InChI is InChI=1S/C18H27N3O2/c1-18(2,3)23-17(22)21(13-9-10-13)16-14(7-5-11-19-16)15-8-6-12-20(15)4/h5,7,11,13,15H,6,8-10,12H2,1-4H3. The van der Waals surface area contributed by atoms with Gasteiger partial charge >= 0.3 is 6.09 Å². The summed E-state index contributed by atoms with van der Waals surface area (Å²) in [5, 5.41) is 0. The van der Waals surface area contributed by atoms with Crippen molar-refractivity contribution in [2.24, 2.45) is 0 Å². The molecule has 1 amide bonds. The van der Waals surface area contributed by atoms with Crippen LogP contribution in [0, 0.1) is 0 Å². The molecule has 1 unspecified atom stereocenters. The van der Waals surface area contributed by atoms with Gasteiger partial charge in [-0.25, -0.2) is 9.78 Å². The summed E-state index contributed by atoms with van der Waals surface area (Å²) in [5.41, 5.74) is 0.647. The Kier molecular flexibility index (Phi) is 4.32. The van der Waals surface area contributed by atoms with Crippen molar-refractivity contribution in [1.29, 1.82) is 0 Å². The van der Waals surface area contributed by atoms with Gasteiger partial charge in [-0.3, -0.25) is 9.80 Å². The quantitative estimate of drug-likeness (QED) is 0.851. The highest BCUT2D eigenvalue weighted by Crippen LogP contribution is 2.39. The van der Waals surface area contributed by atoms with E-state index in [1.807, 2.05) is 26.8 Å². The van der Waals surface area contributed by atoms with Gasteiger partial charge in [0, 0.05) is 23.8 Å². The van der Waals surface area contributed by atoms with Gasteiger partial charge in [-0.2, -0.15) is 0 Å². The second-order valence-corrected chi connectivity index (χ2v) is 7.64. The fourth-order valence-electron chi connectivity index (χ4n) is 3.23. The van der Waals surface area contributed by atoms with Gasteiger partial charge in [0.25, 0.3) is 0 Å². The number of hydrogen-bond donors (Lipinski definition) is 0. The van der Waals surface area contributed by atoms with E-state index in [4.69, 9.17) is 4.74 Å². The number of hydrogen-bond acceptors (Lipinski definition) is 4. The zero-order valence-corrected chi connectivity index (χ0v) is 14.6. The molecule has 1 aliphatic carbocycles. The maximum atomic E-state index is 12.7. The van der Waals surface area contributed by atoms with Gasteiger partial charge in [0.2, 0.25) is 0 Å². The number of amides is 1. The van der Waals surface area contributed by atoms with Crippen molar-refractivity contribution in [1.82, 2.24) is 9.88 Å². The fourth-order valence-corrected chi connectivity index (χ4v) is 3.23. The summed E-state index contributed by atoms with van der Waals surface area (Å²) < 4.78 is 5.63. The second kappa shape index (κ2) is 6.11. The molecule has 0 bridgehead atoms. The van der Waals surface area contributed by atoms with Crippen molar-refractivity contribution >= 4 is 11.9 Å². The average Bonchev–Trinajstić information content (AvgIpc) is 3.19. The van der Waals surface area contributed by atoms with Gasteiger partial charge in [0.15, 0.2) is 0 Å². The van der Waals surface area contributed by atoms with Crippen molar-refractivity contribution in [2.45, 2.75) is 64.1 Å². The van der Waals surface area contributed by atoms with Gasteiger partial charge in [-0.1, -0.05) is 6.07 Å². The van der Waals surface area contributed by atoms with Crippen molar-refractivity contribution in [3.05, 3.63) is 23.9 Å². The number of anilines is 1. The summed E-state index contributed by atoms with van der Waals surface area (Å²) in [5.74, 6) is 0.781. The number of nitrogens with zero attached hydrogens (tertiary/aromatic N) is 3. The van der Waals surface area contributed by atoms with Crippen LogP contribution < -0.4 is 4.90 Å². The Hall–Kier alpha value is -1.62. The molecule has 126 valence electrons. The first kappa shape index (κ1) is 16.2. The molecule has 0 radical (unpaired) electrons. The molecule has 5 nitrogen and oxygen atoms in total. The second-order valence-electron chi connectivity index (χ2n) is 7.64. The third-order valence-electron chi connectivity index (χ3n) is 4.43. The summed E-state index contributed by atoms with van der Waals surface area (Å²) in [6.45, 7) is 6.80. The van der Waals surface area contributed by atoms with Crippen LogP contribution in [0.25, 0.3) is 0 Å². The predicted octanol–water partition coefficient (Wildman–Crippen LogP) is 3.75. The smallest absolute Gasteiger partial charge is 0.416 e. The average molecular weight is 317 g/mol. The van der Waals surface area contributed by atoms with Crippen LogP contribution in [-0.4, -0.2) is 41.2 Å². The van der Waals surface area contributed by atoms with Crippen LogP contribution in [0.4, 0.5) is 10.6 Å². The van der Waals surface area contributed by atoms with Gasteiger partial charge in [-0.15, -0.1) is 0 Å². The van der Waals surface area contributed by atoms with E-state index in [2.05, 4.69) is 23.0 Å². The van der Waals surface area contributed by atoms with Gasteiger partial charge in [-0.05, 0) is 66.1 Å². The molecule has 1 saturated heterocycles. The van der Waals surface area contributed by atoms with Gasteiger partial charge < -0.3 is 4.74 Å². The van der Waals surface area contributed by atoms with Crippen LogP contribution in [0.3, 0.4) is 0 Å². The highest BCUT2D eigenvalue weighted by molar-refractivity contribution is 5.89. The molecule has 0 N–H and O–H groups in total. The lowest BCUT2D eigenvalue weighted by molar-refractivity contribution is 0.0576. The molecular formula is C18H27N3O2. The summed E-state index contributed by atoms with van der Waals surface area (Å²) >= 11 is 0. The first-order chi connectivity index (χ1) is 10.9. The van der Waals surface area contributed by atoms with Crippen LogP contribution >= 0.6 is 0 Å². The lowest BCUT2D eigenvalue weighted by Gasteiger charge is -2.30. The van der Waals surface area contributed by atoms with Crippen LogP contribution in [0.1, 0.15) is 58.1 Å². The molecule has 5 heteroatoms. The Bertz CT molecular complexity index is 578. The highest BCUT2D eigenvalue weighted by Gasteiger charge is 2.39. The maximum absolute atomic E-state index is 12.7. The number of ether oxygens (including phenoxy) is 1. The number of likely N-dealkylation sites (tertiary alicyclic amines) is 1. The largest absolute Gasteiger partial charge is 0.443 e. The fraction of sp³-hybridized carbons (Fsp3) is 0.667. The molecule has 23 heavy (non-hydrogen) atoms. The lowest BCUT2D eigenvalue weighted by atomic mass is 10.1. The number of pyridine rings is 1. The Labute approximate surface area is 138 Å². The van der Waals surface area contributed by atoms with Crippen LogP contribution in [-0.2, 0) is 4.74 Å². The maximum Gasteiger partial charge on any atom is 0.416 e. The molecule has 1 atom stereocenters. The molecule has 0 aromatic carbocycles. The van der Waals surface area contributed by atoms with Crippen molar-refractivity contribution < 1.29 is 9.53 Å². The molecular weight excluding hydrogens is 290 g/mol. The highest BCUT2D eigenvalue weighted by atomic mass is 16.6. The Morgan fingerprint density at radius 2 is 2.09 bits per heavy atom. The van der Waals surface area contributed by atoms with E-state index < -0.39 is 5.60 Å². The Morgan fingerprint density at radius 1 is 1.35 bits per heavy atom. The predicted molar refractivity (Wildman–Crippen MR) is 90.6 cm³/mol. The van der Waals surface area contributed by atoms with Crippen molar-refractivity contribution in [3.63, 3.8) is 0 Å². The third kappa shape index (κ3) is 3.66. The van der Waals surface area contributed by atoms with Crippen molar-refractivity contribution in [3.8, 4) is 0 Å². The number of rotatable bonds is 3. The topological polar surface area (TPSA) is 45.7 Å². The minimum atomic E-state index is -0.497. The van der Waals surface area contributed by atoms with Crippen LogP contribution in [0.15, 0.2) is 18.3 Å². The first-order valence-corrected chi connectivity index (χ1v) is 8.54. The normalized spacial score (nSPS) is 22.2. The van der Waals surface area contributed by atoms with E-state index in [0.717, 1.165) is 37.2 Å². The minimum Gasteiger partial charge on any atom is -0.443 e. The monoisotopic (exact) mass is 317 g/mol. The van der Waals surface area contributed by atoms with E-state index in [1.165, 1.54) is 6.42 Å². The molecule has 2 aliphatic rings. The SMILES string of the molecule is CN1CCCC1c1cccnc1N(C(=O)OC(C)(C)C)C1CC1. The zero-order chi connectivity index (χ0) is 16.6. The summed E-state index contributed by atoms with van der Waals surface area (Å²) in [7, 11) is 2.14. The van der Waals surface area contributed by atoms with E-state index in [1.54, 1.807) is 11.1 Å². The summed E-state index contributed by atoms with van der Waals surface area (Å²) in [6, 6.07) is 4.63. The molecule has 1 saturated carbocycles. The third-order valence-corrected chi connectivity index (χ3v) is 4.43. The van der Waals surface area contributed by atoms with Crippen molar-refractivity contribution in [2.75, 3.05) is 18.5 Å².